The first-order valence-corrected chi connectivity index (χ1v) is 5.22. The first-order chi connectivity index (χ1) is 8.63. The van der Waals surface area contributed by atoms with Crippen LogP contribution in [-0.4, -0.2) is 24.4 Å². The first-order valence-electron chi connectivity index (χ1n) is 5.22. The van der Waals surface area contributed by atoms with Crippen molar-refractivity contribution in [1.82, 2.24) is 10.2 Å². The van der Waals surface area contributed by atoms with Crippen LogP contribution >= 0.6 is 0 Å². The second kappa shape index (κ2) is 4.79. The molecule has 0 aliphatic rings. The van der Waals surface area contributed by atoms with E-state index >= 15 is 0 Å². The molecule has 1 aromatic carbocycles. The van der Waals surface area contributed by atoms with E-state index in [9.17, 15) is 4.79 Å². The van der Waals surface area contributed by atoms with Gasteiger partial charge in [0.05, 0.1) is 14.2 Å². The Morgan fingerprint density at radius 3 is 2.28 bits per heavy atom. The zero-order valence-corrected chi connectivity index (χ0v) is 10.1. The lowest BCUT2D eigenvalue weighted by atomic mass is 10.1. The summed E-state index contributed by atoms with van der Waals surface area (Å²) < 4.78 is 10.3. The van der Waals surface area contributed by atoms with Crippen molar-refractivity contribution in [2.45, 2.75) is 0 Å². The van der Waals surface area contributed by atoms with Crippen LogP contribution < -0.4 is 20.8 Å². The van der Waals surface area contributed by atoms with Crippen molar-refractivity contribution in [2.75, 3.05) is 20.0 Å². The van der Waals surface area contributed by atoms with Gasteiger partial charge in [-0.25, -0.2) is 5.10 Å². The molecule has 2 aromatic rings. The van der Waals surface area contributed by atoms with Gasteiger partial charge in [-0.05, 0) is 17.7 Å². The van der Waals surface area contributed by atoms with E-state index < -0.39 is 0 Å². The number of hydrogen-bond acceptors (Lipinski definition) is 5. The van der Waals surface area contributed by atoms with Crippen LogP contribution in [0.4, 0.5) is 5.82 Å². The van der Waals surface area contributed by atoms with Gasteiger partial charge in [-0.1, -0.05) is 0 Å². The van der Waals surface area contributed by atoms with E-state index in [1.807, 2.05) is 0 Å². The Morgan fingerprint density at radius 1 is 1.11 bits per heavy atom. The topological polar surface area (TPSA) is 90.2 Å². The molecule has 0 fully saturated rings. The highest BCUT2D eigenvalue weighted by Gasteiger charge is 2.08. The van der Waals surface area contributed by atoms with Crippen molar-refractivity contribution in [1.29, 1.82) is 0 Å². The average molecular weight is 247 g/mol. The third-order valence-electron chi connectivity index (χ3n) is 2.50. The quantitative estimate of drug-likeness (QED) is 0.845. The van der Waals surface area contributed by atoms with Gasteiger partial charge in [-0.15, -0.1) is 0 Å². The van der Waals surface area contributed by atoms with Crippen molar-refractivity contribution < 1.29 is 9.47 Å². The molecule has 2 rings (SSSR count). The van der Waals surface area contributed by atoms with Crippen LogP contribution in [0.2, 0.25) is 0 Å². The monoisotopic (exact) mass is 247 g/mol. The molecule has 18 heavy (non-hydrogen) atoms. The summed E-state index contributed by atoms with van der Waals surface area (Å²) in [6.45, 7) is 0. The summed E-state index contributed by atoms with van der Waals surface area (Å²) >= 11 is 0. The van der Waals surface area contributed by atoms with Crippen LogP contribution in [0.15, 0.2) is 29.1 Å². The predicted molar refractivity (Wildman–Crippen MR) is 67.8 cm³/mol. The van der Waals surface area contributed by atoms with Crippen LogP contribution in [0.25, 0.3) is 11.1 Å². The first kappa shape index (κ1) is 12.0. The molecule has 0 amide bonds. The lowest BCUT2D eigenvalue weighted by Crippen LogP contribution is -2.09. The molecular weight excluding hydrogens is 234 g/mol. The zero-order chi connectivity index (χ0) is 13.1. The third kappa shape index (κ3) is 2.27. The predicted octanol–water partition coefficient (Wildman–Crippen LogP) is 1.04. The summed E-state index contributed by atoms with van der Waals surface area (Å²) in [4.78, 5) is 11.3. The Morgan fingerprint density at radius 2 is 1.72 bits per heavy atom. The molecule has 3 N–H and O–H groups in total. The molecule has 1 heterocycles. The maximum atomic E-state index is 11.3. The minimum atomic E-state index is -0.319. The highest BCUT2D eigenvalue weighted by atomic mass is 16.5. The second-order valence-corrected chi connectivity index (χ2v) is 3.63. The molecule has 0 aliphatic heterocycles. The number of anilines is 1. The number of benzene rings is 1. The molecule has 94 valence electrons. The molecule has 0 unspecified atom stereocenters. The van der Waals surface area contributed by atoms with E-state index in [1.54, 1.807) is 32.4 Å². The second-order valence-electron chi connectivity index (χ2n) is 3.63. The summed E-state index contributed by atoms with van der Waals surface area (Å²) in [6, 6.07) is 6.64. The molecule has 0 aliphatic carbocycles. The van der Waals surface area contributed by atoms with Gasteiger partial charge in [0.2, 0.25) is 0 Å². The highest BCUT2D eigenvalue weighted by molar-refractivity contribution is 5.75. The fraction of sp³-hybridized carbons (Fsp3) is 0.167. The number of methoxy groups -OCH3 is 2. The number of aromatic amines is 1. The van der Waals surface area contributed by atoms with E-state index in [4.69, 9.17) is 15.2 Å². The number of ether oxygens (including phenoxy) is 2. The summed E-state index contributed by atoms with van der Waals surface area (Å²) in [7, 11) is 3.11. The summed E-state index contributed by atoms with van der Waals surface area (Å²) in [5.41, 5.74) is 6.67. The number of nitrogens with two attached hydrogens (primary N) is 1. The Hall–Kier alpha value is -2.50. The summed E-state index contributed by atoms with van der Waals surface area (Å²) in [5, 5.41) is 6.00. The molecule has 6 nitrogen and oxygen atoms in total. The normalized spacial score (nSPS) is 10.1. The van der Waals surface area contributed by atoms with Gasteiger partial charge < -0.3 is 15.2 Å². The van der Waals surface area contributed by atoms with Gasteiger partial charge in [0.1, 0.15) is 11.5 Å². The highest BCUT2D eigenvalue weighted by Crippen LogP contribution is 2.30. The smallest absolute Gasteiger partial charge is 0.264 e. The van der Waals surface area contributed by atoms with Crippen molar-refractivity contribution in [3.8, 4) is 22.6 Å². The van der Waals surface area contributed by atoms with Gasteiger partial charge >= 0.3 is 0 Å². The largest absolute Gasteiger partial charge is 0.497 e. The SMILES string of the molecule is COc1cc(OC)cc(-c2cc(=O)[nH]nc2N)c1. The van der Waals surface area contributed by atoms with Gasteiger partial charge in [0.25, 0.3) is 5.56 Å². The maximum absolute atomic E-state index is 11.3. The van der Waals surface area contributed by atoms with Crippen molar-refractivity contribution >= 4 is 5.82 Å². The number of nitrogens with one attached hydrogen (secondary N) is 1. The van der Waals surface area contributed by atoms with Crippen molar-refractivity contribution in [3.63, 3.8) is 0 Å². The number of nitrogen functional groups attached to an aromatic ring is 1. The number of nitrogens with zero attached hydrogens (tertiary/aromatic N) is 1. The van der Waals surface area contributed by atoms with Gasteiger partial charge in [-0.3, -0.25) is 4.79 Å². The third-order valence-corrected chi connectivity index (χ3v) is 2.50. The van der Waals surface area contributed by atoms with Crippen LogP contribution in [0.5, 0.6) is 11.5 Å². The van der Waals surface area contributed by atoms with E-state index in [0.29, 0.717) is 22.6 Å². The van der Waals surface area contributed by atoms with E-state index in [1.165, 1.54) is 6.07 Å². The molecule has 0 saturated carbocycles. The fourth-order valence-corrected chi connectivity index (χ4v) is 1.61. The zero-order valence-electron chi connectivity index (χ0n) is 10.1. The number of aromatic nitrogens is 2. The lowest BCUT2D eigenvalue weighted by Gasteiger charge is -2.09. The molecule has 6 heteroatoms. The summed E-state index contributed by atoms with van der Waals surface area (Å²) in [6.07, 6.45) is 0. The van der Waals surface area contributed by atoms with Crippen LogP contribution in [0.1, 0.15) is 0 Å². The number of H-pyrrole nitrogens is 1. The van der Waals surface area contributed by atoms with Gasteiger partial charge in [0.15, 0.2) is 5.82 Å². The molecule has 0 radical (unpaired) electrons. The summed E-state index contributed by atoms with van der Waals surface area (Å²) in [5.74, 6) is 1.47. The molecular formula is C12H13N3O3. The van der Waals surface area contributed by atoms with Gasteiger partial charge in [0, 0.05) is 17.7 Å². The molecule has 0 spiro atoms. The minimum Gasteiger partial charge on any atom is -0.497 e. The molecule has 0 bridgehead atoms. The van der Waals surface area contributed by atoms with E-state index in [0.717, 1.165) is 0 Å². The van der Waals surface area contributed by atoms with Crippen LogP contribution in [0.3, 0.4) is 0 Å². The van der Waals surface area contributed by atoms with E-state index in [2.05, 4.69) is 10.2 Å². The Kier molecular flexibility index (Phi) is 3.18. The number of rotatable bonds is 3. The Labute approximate surface area is 103 Å². The Bertz CT molecular complexity index is 600. The minimum absolute atomic E-state index is 0.241. The van der Waals surface area contributed by atoms with Crippen LogP contribution in [-0.2, 0) is 0 Å². The van der Waals surface area contributed by atoms with Crippen molar-refractivity contribution in [2.24, 2.45) is 0 Å². The van der Waals surface area contributed by atoms with Crippen LogP contribution in [0, 0.1) is 0 Å². The molecule has 0 atom stereocenters. The maximum Gasteiger partial charge on any atom is 0.264 e. The molecule has 1 aromatic heterocycles. The lowest BCUT2D eigenvalue weighted by molar-refractivity contribution is 0.394. The van der Waals surface area contributed by atoms with Gasteiger partial charge in [-0.2, -0.15) is 5.10 Å². The van der Waals surface area contributed by atoms with Crippen molar-refractivity contribution in [3.05, 3.63) is 34.6 Å². The number of hydrogen-bond donors (Lipinski definition) is 2. The molecule has 0 saturated heterocycles. The Balaban J connectivity index is 2.62. The fourth-order valence-electron chi connectivity index (χ4n) is 1.61. The average Bonchev–Trinajstić information content (AvgIpc) is 2.40. The van der Waals surface area contributed by atoms with E-state index in [-0.39, 0.29) is 11.4 Å². The standard InChI is InChI=1S/C12H13N3O3/c1-17-8-3-7(4-9(5-8)18-2)10-6-11(16)14-15-12(10)13/h3-6H,1-2H3,(H2,13,15)(H,14,16).